The molecule has 0 radical (unpaired) electrons. The van der Waals surface area contributed by atoms with E-state index in [0.717, 1.165) is 0 Å². The maximum absolute atomic E-state index is 13.7. The zero-order chi connectivity index (χ0) is 25.9. The number of Topliss-reactive ketones (excluding diaryl/α,β-unsaturated/α-hetero) is 1. The predicted molar refractivity (Wildman–Crippen MR) is 125 cm³/mol. The number of aryl methyl sites for hydroxylation is 1. The third-order valence-corrected chi connectivity index (χ3v) is 6.39. The first kappa shape index (κ1) is 26.1. The average molecular weight is 487 g/mol. The summed E-state index contributed by atoms with van der Waals surface area (Å²) in [6.45, 7) is 7.59. The lowest BCUT2D eigenvalue weighted by atomic mass is 9.69. The van der Waals surface area contributed by atoms with Crippen molar-refractivity contribution in [3.63, 3.8) is 0 Å². The molecule has 0 bridgehead atoms. The molecule has 0 saturated carbocycles. The largest absolute Gasteiger partial charge is 0.468 e. The minimum Gasteiger partial charge on any atom is -0.468 e. The first-order chi connectivity index (χ1) is 16.6. The number of nitrogens with zero attached hydrogens (tertiary/aromatic N) is 1. The number of esters is 2. The van der Waals surface area contributed by atoms with E-state index in [9.17, 15) is 24.5 Å². The quantitative estimate of drug-likeness (QED) is 0.193. The highest BCUT2D eigenvalue weighted by Crippen LogP contribution is 2.46. The Morgan fingerprint density at radius 3 is 2.57 bits per heavy atom. The van der Waals surface area contributed by atoms with Gasteiger partial charge in [-0.2, -0.15) is 0 Å². The molecule has 1 heterocycles. The lowest BCUT2D eigenvalue weighted by Gasteiger charge is -2.38. The fraction of sp³-hybridized carbons (Fsp3) is 0.480. The number of hydrogen-bond acceptors (Lipinski definition) is 9. The van der Waals surface area contributed by atoms with Crippen molar-refractivity contribution in [1.82, 2.24) is 5.32 Å². The minimum atomic E-state index is -1.04. The summed E-state index contributed by atoms with van der Waals surface area (Å²) in [6.07, 6.45) is 0.370. The number of dihydropyridines is 1. The van der Waals surface area contributed by atoms with Gasteiger partial charge in [-0.25, -0.2) is 4.79 Å². The van der Waals surface area contributed by atoms with E-state index in [2.05, 4.69) is 5.32 Å². The number of methoxy groups -OCH3 is 1. The van der Waals surface area contributed by atoms with Crippen LogP contribution in [0.25, 0.3) is 0 Å². The van der Waals surface area contributed by atoms with Gasteiger partial charge >= 0.3 is 11.9 Å². The third-order valence-electron chi connectivity index (χ3n) is 6.39. The second kappa shape index (κ2) is 10.8. The van der Waals surface area contributed by atoms with E-state index in [1.807, 2.05) is 6.92 Å². The lowest BCUT2D eigenvalue weighted by Crippen LogP contribution is -2.43. The molecule has 1 aromatic carbocycles. The number of ether oxygens (including phenoxy) is 3. The number of benzene rings is 1. The summed E-state index contributed by atoms with van der Waals surface area (Å²) >= 11 is 0. The number of hydrogen-bond donors (Lipinski definition) is 1. The second-order valence-electron chi connectivity index (χ2n) is 8.67. The molecule has 0 amide bonds. The lowest BCUT2D eigenvalue weighted by molar-refractivity contribution is -0.385. The van der Waals surface area contributed by atoms with Crippen LogP contribution in [0.4, 0.5) is 5.69 Å². The van der Waals surface area contributed by atoms with Crippen molar-refractivity contribution in [2.45, 2.75) is 40.0 Å². The van der Waals surface area contributed by atoms with Crippen molar-refractivity contribution < 1.29 is 33.5 Å². The topological polar surface area (TPSA) is 134 Å². The Balaban J connectivity index is 2.15. The Hall–Kier alpha value is -3.53. The number of carbonyl (C=O) groups is 3. The molecule has 0 fully saturated rings. The summed E-state index contributed by atoms with van der Waals surface area (Å²) < 4.78 is 15.5. The summed E-state index contributed by atoms with van der Waals surface area (Å²) in [6, 6.07) is 4.61. The van der Waals surface area contributed by atoms with Gasteiger partial charge in [0.05, 0.1) is 24.2 Å². The fourth-order valence-electron chi connectivity index (χ4n) is 4.70. The first-order valence-electron chi connectivity index (χ1n) is 11.4. The number of ketones is 1. The summed E-state index contributed by atoms with van der Waals surface area (Å²) in [4.78, 5) is 50.5. The maximum Gasteiger partial charge on any atom is 0.336 e. The van der Waals surface area contributed by atoms with Crippen molar-refractivity contribution in [2.24, 2.45) is 11.8 Å². The molecule has 0 saturated heterocycles. The van der Waals surface area contributed by atoms with Crippen molar-refractivity contribution in [2.75, 3.05) is 26.9 Å². The van der Waals surface area contributed by atoms with Gasteiger partial charge < -0.3 is 19.5 Å². The van der Waals surface area contributed by atoms with Gasteiger partial charge in [0.25, 0.3) is 5.69 Å². The molecule has 188 valence electrons. The van der Waals surface area contributed by atoms with Crippen LogP contribution in [0.5, 0.6) is 0 Å². The van der Waals surface area contributed by atoms with E-state index in [1.165, 1.54) is 13.2 Å². The van der Waals surface area contributed by atoms with E-state index >= 15 is 0 Å². The van der Waals surface area contributed by atoms with Gasteiger partial charge in [0.1, 0.15) is 12.5 Å². The average Bonchev–Trinajstić information content (AvgIpc) is 2.80. The van der Waals surface area contributed by atoms with Crippen molar-refractivity contribution in [3.8, 4) is 0 Å². The highest BCUT2D eigenvalue weighted by molar-refractivity contribution is 6.12. The molecule has 0 spiro atoms. The van der Waals surface area contributed by atoms with Crippen LogP contribution in [0.1, 0.15) is 44.2 Å². The van der Waals surface area contributed by atoms with Crippen LogP contribution in [0, 0.1) is 28.9 Å². The fourth-order valence-corrected chi connectivity index (χ4v) is 4.70. The monoisotopic (exact) mass is 486 g/mol. The third kappa shape index (κ3) is 5.12. The van der Waals surface area contributed by atoms with Gasteiger partial charge in [-0.15, -0.1) is 0 Å². The zero-order valence-electron chi connectivity index (χ0n) is 20.5. The number of nitro benzene ring substituents is 1. The SMILES string of the molecule is CCOCCOC(=O)C1=C(C)NC2=C(C(=O)[C@H](C(=O)OC)[C@@H](C)C2)[C@H]1c1ccc(C)c([N+](=O)[O-])c1. The molecule has 3 rings (SSSR count). The molecule has 35 heavy (non-hydrogen) atoms. The van der Waals surface area contributed by atoms with E-state index in [1.54, 1.807) is 32.9 Å². The Kier molecular flexibility index (Phi) is 8.06. The second-order valence-corrected chi connectivity index (χ2v) is 8.67. The van der Waals surface area contributed by atoms with Gasteiger partial charge in [0, 0.05) is 41.1 Å². The van der Waals surface area contributed by atoms with Gasteiger partial charge in [-0.1, -0.05) is 19.1 Å². The molecule has 10 heteroatoms. The smallest absolute Gasteiger partial charge is 0.336 e. The van der Waals surface area contributed by atoms with Crippen LogP contribution in [0.3, 0.4) is 0 Å². The molecule has 3 atom stereocenters. The van der Waals surface area contributed by atoms with Gasteiger partial charge in [-0.3, -0.25) is 19.7 Å². The summed E-state index contributed by atoms with van der Waals surface area (Å²) in [7, 11) is 1.22. The Labute approximate surface area is 203 Å². The molecule has 1 aromatic rings. The highest BCUT2D eigenvalue weighted by Gasteiger charge is 2.47. The van der Waals surface area contributed by atoms with E-state index in [-0.39, 0.29) is 36.0 Å². The summed E-state index contributed by atoms with van der Waals surface area (Å²) in [5, 5.41) is 14.8. The van der Waals surface area contributed by atoms with Crippen LogP contribution in [0.2, 0.25) is 0 Å². The molecular formula is C25H30N2O8. The van der Waals surface area contributed by atoms with Crippen LogP contribution < -0.4 is 5.32 Å². The Morgan fingerprint density at radius 1 is 1.23 bits per heavy atom. The normalized spacial score (nSPS) is 21.9. The summed E-state index contributed by atoms with van der Waals surface area (Å²) in [5.74, 6) is -4.13. The molecule has 0 aromatic heterocycles. The van der Waals surface area contributed by atoms with E-state index < -0.39 is 34.5 Å². The summed E-state index contributed by atoms with van der Waals surface area (Å²) in [5.41, 5.74) is 2.14. The zero-order valence-corrected chi connectivity index (χ0v) is 20.5. The van der Waals surface area contributed by atoms with E-state index in [0.29, 0.717) is 35.5 Å². The van der Waals surface area contributed by atoms with Gasteiger partial charge in [-0.05, 0) is 38.7 Å². The van der Waals surface area contributed by atoms with Gasteiger partial charge in [0.2, 0.25) is 0 Å². The predicted octanol–water partition coefficient (Wildman–Crippen LogP) is 3.10. The first-order valence-corrected chi connectivity index (χ1v) is 11.4. The van der Waals surface area contributed by atoms with E-state index in [4.69, 9.17) is 14.2 Å². The molecule has 10 nitrogen and oxygen atoms in total. The molecule has 0 unspecified atom stereocenters. The molecule has 1 N–H and O–H groups in total. The molecule has 1 aliphatic heterocycles. The highest BCUT2D eigenvalue weighted by atomic mass is 16.6. The van der Waals surface area contributed by atoms with Crippen LogP contribution in [-0.2, 0) is 28.6 Å². The van der Waals surface area contributed by atoms with Crippen molar-refractivity contribution >= 4 is 23.4 Å². The number of rotatable bonds is 8. The Morgan fingerprint density at radius 2 is 1.94 bits per heavy atom. The number of nitro groups is 1. The van der Waals surface area contributed by atoms with Gasteiger partial charge in [0.15, 0.2) is 5.78 Å². The van der Waals surface area contributed by atoms with Crippen LogP contribution >= 0.6 is 0 Å². The van der Waals surface area contributed by atoms with Crippen LogP contribution in [0.15, 0.2) is 40.7 Å². The minimum absolute atomic E-state index is 0.00584. The number of carbonyl (C=O) groups excluding carboxylic acids is 3. The molecule has 1 aliphatic carbocycles. The van der Waals surface area contributed by atoms with Crippen molar-refractivity contribution in [3.05, 3.63) is 62.0 Å². The molecular weight excluding hydrogens is 456 g/mol. The van der Waals surface area contributed by atoms with Crippen molar-refractivity contribution in [1.29, 1.82) is 0 Å². The van der Waals surface area contributed by atoms with Crippen LogP contribution in [-0.4, -0.2) is 49.6 Å². The Bertz CT molecular complexity index is 1120. The molecule has 2 aliphatic rings. The standard InChI is InChI=1S/C25H30N2O8/c1-6-34-9-10-35-25(30)20-15(4)26-17-11-14(3)19(24(29)33-5)23(28)22(17)21(20)16-8-7-13(2)18(12-16)27(31)32/h7-8,12,14,19,21,26H,6,9-11H2,1-5H3/t14-,19+,21-/m0/s1. The number of allylic oxidation sites excluding steroid dienone is 3. The maximum atomic E-state index is 13.7. The number of nitrogens with one attached hydrogen (secondary N) is 1.